The van der Waals surface area contributed by atoms with Crippen molar-refractivity contribution in [2.24, 2.45) is 0 Å². The number of hydrogen-bond donors (Lipinski definition) is 0. The number of methoxy groups -OCH3 is 1. The van der Waals surface area contributed by atoms with Crippen molar-refractivity contribution in [1.82, 2.24) is 0 Å². The molecular formula is C26H25NO6. The van der Waals surface area contributed by atoms with Gasteiger partial charge in [-0.2, -0.15) is 0 Å². The molecule has 0 aromatic heterocycles. The van der Waals surface area contributed by atoms with E-state index in [1.54, 1.807) is 50.1 Å². The molecule has 0 bridgehead atoms. The summed E-state index contributed by atoms with van der Waals surface area (Å²) >= 11 is 0. The average molecular weight is 447 g/mol. The molecule has 0 aliphatic carbocycles. The Hall–Kier alpha value is -3.87. The molecule has 0 saturated carbocycles. The summed E-state index contributed by atoms with van der Waals surface area (Å²) in [5.41, 5.74) is 2.17. The minimum Gasteiger partial charge on any atom is -0.497 e. The zero-order chi connectivity index (χ0) is 23.5. The maximum atomic E-state index is 13.9. The Kier molecular flexibility index (Phi) is 6.31. The maximum absolute atomic E-state index is 13.9. The van der Waals surface area contributed by atoms with Crippen molar-refractivity contribution in [3.05, 3.63) is 76.9 Å². The highest BCUT2D eigenvalue weighted by atomic mass is 16.5. The zero-order valence-electron chi connectivity index (χ0n) is 18.7. The summed E-state index contributed by atoms with van der Waals surface area (Å²) in [4.78, 5) is 41.9. The molecule has 2 heterocycles. The summed E-state index contributed by atoms with van der Waals surface area (Å²) in [6.07, 6.45) is 3.70. The van der Waals surface area contributed by atoms with E-state index in [-0.39, 0.29) is 30.1 Å². The van der Waals surface area contributed by atoms with Crippen LogP contribution >= 0.6 is 0 Å². The Balaban J connectivity index is 1.91. The second kappa shape index (κ2) is 9.32. The number of anilines is 1. The fourth-order valence-electron chi connectivity index (χ4n) is 4.32. The number of carbonyl (C=O) groups excluding carboxylic acids is 3. The largest absolute Gasteiger partial charge is 0.497 e. The SMILES string of the molecule is CCOC(=O)C1=C(C(=O)OCC)C(C(=O)c2ccc(OC)cc2)N2c3ccccc3C=CC12. The van der Waals surface area contributed by atoms with Gasteiger partial charge in [0, 0.05) is 11.3 Å². The van der Waals surface area contributed by atoms with Gasteiger partial charge in [-0.05, 0) is 49.7 Å². The Morgan fingerprint density at radius 3 is 2.15 bits per heavy atom. The molecule has 2 unspecified atom stereocenters. The molecule has 0 radical (unpaired) electrons. The average Bonchev–Trinajstić information content (AvgIpc) is 3.20. The van der Waals surface area contributed by atoms with E-state index in [1.165, 1.54) is 0 Å². The van der Waals surface area contributed by atoms with Crippen LogP contribution in [0, 0.1) is 0 Å². The quantitative estimate of drug-likeness (QED) is 0.474. The van der Waals surface area contributed by atoms with Crippen LogP contribution in [0.15, 0.2) is 65.8 Å². The molecule has 0 spiro atoms. The monoisotopic (exact) mass is 447 g/mol. The molecular weight excluding hydrogens is 422 g/mol. The first-order valence-electron chi connectivity index (χ1n) is 10.8. The van der Waals surface area contributed by atoms with Gasteiger partial charge in [-0.15, -0.1) is 0 Å². The predicted molar refractivity (Wildman–Crippen MR) is 123 cm³/mol. The van der Waals surface area contributed by atoms with Crippen molar-refractivity contribution in [2.75, 3.05) is 25.2 Å². The van der Waals surface area contributed by atoms with E-state index in [4.69, 9.17) is 14.2 Å². The summed E-state index contributed by atoms with van der Waals surface area (Å²) in [5, 5.41) is 0. The van der Waals surface area contributed by atoms with Crippen LogP contribution in [0.4, 0.5) is 5.69 Å². The van der Waals surface area contributed by atoms with Crippen molar-refractivity contribution in [3.8, 4) is 5.75 Å². The highest BCUT2D eigenvalue weighted by Crippen LogP contribution is 2.43. The molecule has 4 rings (SSSR count). The van der Waals surface area contributed by atoms with Crippen molar-refractivity contribution < 1.29 is 28.6 Å². The molecule has 0 saturated heterocycles. The molecule has 7 heteroatoms. The first-order chi connectivity index (χ1) is 16.0. The minimum absolute atomic E-state index is 0.0162. The van der Waals surface area contributed by atoms with Gasteiger partial charge in [0.05, 0.1) is 37.5 Å². The van der Waals surface area contributed by atoms with Crippen molar-refractivity contribution >= 4 is 29.5 Å². The number of para-hydroxylation sites is 1. The molecule has 2 aliphatic rings. The van der Waals surface area contributed by atoms with Gasteiger partial charge in [0.25, 0.3) is 0 Å². The molecule has 33 heavy (non-hydrogen) atoms. The summed E-state index contributed by atoms with van der Waals surface area (Å²) in [7, 11) is 1.54. The molecule has 7 nitrogen and oxygen atoms in total. The second-order valence-corrected chi connectivity index (χ2v) is 7.53. The number of rotatable bonds is 7. The lowest BCUT2D eigenvalue weighted by Crippen LogP contribution is -2.45. The van der Waals surface area contributed by atoms with E-state index in [1.807, 2.05) is 36.4 Å². The number of ketones is 1. The Bertz CT molecular complexity index is 1150. The summed E-state index contributed by atoms with van der Waals surface area (Å²) in [5.74, 6) is -1.05. The number of ether oxygens (including phenoxy) is 3. The third kappa shape index (κ3) is 3.91. The first kappa shape index (κ1) is 22.3. The van der Waals surface area contributed by atoms with Gasteiger partial charge < -0.3 is 19.1 Å². The van der Waals surface area contributed by atoms with Crippen LogP contribution in [0.3, 0.4) is 0 Å². The topological polar surface area (TPSA) is 82.1 Å². The number of Topliss-reactive ketones (excluding diaryl/α,β-unsaturated/α-hetero) is 1. The molecule has 170 valence electrons. The number of nitrogens with zero attached hydrogens (tertiary/aromatic N) is 1. The number of esters is 2. The van der Waals surface area contributed by atoms with Crippen LogP contribution in [0.5, 0.6) is 5.75 Å². The van der Waals surface area contributed by atoms with Crippen LogP contribution in [0.25, 0.3) is 6.08 Å². The number of benzene rings is 2. The summed E-state index contributed by atoms with van der Waals surface area (Å²) in [6.45, 7) is 3.63. The minimum atomic E-state index is -1.05. The van der Waals surface area contributed by atoms with Crippen LogP contribution in [0.1, 0.15) is 29.8 Å². The van der Waals surface area contributed by atoms with Crippen molar-refractivity contribution in [3.63, 3.8) is 0 Å². The van der Waals surface area contributed by atoms with Crippen molar-refractivity contribution in [1.29, 1.82) is 0 Å². The summed E-state index contributed by atoms with van der Waals surface area (Å²) < 4.78 is 15.8. The van der Waals surface area contributed by atoms with Crippen LogP contribution < -0.4 is 9.64 Å². The van der Waals surface area contributed by atoms with Gasteiger partial charge in [0.1, 0.15) is 11.8 Å². The summed E-state index contributed by atoms with van der Waals surface area (Å²) in [6, 6.07) is 12.5. The Labute approximate surface area is 192 Å². The van der Waals surface area contributed by atoms with E-state index in [0.717, 1.165) is 11.3 Å². The number of fused-ring (bicyclic) bond motifs is 3. The van der Waals surface area contributed by atoms with Gasteiger partial charge in [-0.25, -0.2) is 9.59 Å². The smallest absolute Gasteiger partial charge is 0.337 e. The van der Waals surface area contributed by atoms with Gasteiger partial charge in [-0.3, -0.25) is 4.79 Å². The highest BCUT2D eigenvalue weighted by Gasteiger charge is 2.51. The lowest BCUT2D eigenvalue weighted by Gasteiger charge is -2.35. The standard InChI is InChI=1S/C26H25NO6/c1-4-32-25(29)21-20-15-12-16-8-6-7-9-19(16)27(20)23(22(21)26(30)33-5-2)24(28)17-10-13-18(31-3)14-11-17/h6-15,20,23H,4-5H2,1-3H3. The number of carbonyl (C=O) groups is 3. The van der Waals surface area contributed by atoms with Crippen molar-refractivity contribution in [2.45, 2.75) is 25.9 Å². The van der Waals surface area contributed by atoms with E-state index >= 15 is 0 Å². The molecule has 2 atom stereocenters. The molecule has 0 amide bonds. The Morgan fingerprint density at radius 2 is 1.52 bits per heavy atom. The van der Waals surface area contributed by atoms with E-state index < -0.39 is 24.0 Å². The number of hydrogen-bond acceptors (Lipinski definition) is 7. The lowest BCUT2D eigenvalue weighted by atomic mass is 9.95. The van der Waals surface area contributed by atoms with Gasteiger partial charge in [-0.1, -0.05) is 30.4 Å². The fourth-order valence-corrected chi connectivity index (χ4v) is 4.32. The first-order valence-corrected chi connectivity index (χ1v) is 10.8. The maximum Gasteiger partial charge on any atom is 0.337 e. The third-order valence-corrected chi connectivity index (χ3v) is 5.72. The zero-order valence-corrected chi connectivity index (χ0v) is 18.7. The Morgan fingerprint density at radius 1 is 0.879 bits per heavy atom. The van der Waals surface area contributed by atoms with Gasteiger partial charge in [0.2, 0.25) is 0 Å². The fraction of sp³-hybridized carbons (Fsp3) is 0.269. The highest BCUT2D eigenvalue weighted by molar-refractivity contribution is 6.16. The van der Waals surface area contributed by atoms with Gasteiger partial charge in [0.15, 0.2) is 5.78 Å². The third-order valence-electron chi connectivity index (χ3n) is 5.72. The molecule has 0 fully saturated rings. The molecule has 2 aromatic rings. The van der Waals surface area contributed by atoms with Gasteiger partial charge >= 0.3 is 11.9 Å². The molecule has 2 aliphatic heterocycles. The predicted octanol–water partition coefficient (Wildman–Crippen LogP) is 3.58. The van der Waals surface area contributed by atoms with Crippen LogP contribution in [0.2, 0.25) is 0 Å². The van der Waals surface area contributed by atoms with Crippen LogP contribution in [-0.4, -0.2) is 50.1 Å². The van der Waals surface area contributed by atoms with E-state index in [0.29, 0.717) is 11.3 Å². The lowest BCUT2D eigenvalue weighted by molar-refractivity contribution is -0.141. The molecule has 2 aromatic carbocycles. The second-order valence-electron chi connectivity index (χ2n) is 7.53. The normalized spacial score (nSPS) is 18.5. The van der Waals surface area contributed by atoms with E-state index in [9.17, 15) is 14.4 Å². The van der Waals surface area contributed by atoms with E-state index in [2.05, 4.69) is 0 Å². The molecule has 0 N–H and O–H groups in total. The van der Waals surface area contributed by atoms with Crippen LogP contribution in [-0.2, 0) is 19.1 Å².